The van der Waals surface area contributed by atoms with E-state index in [4.69, 9.17) is 0 Å². The lowest BCUT2D eigenvalue weighted by Gasteiger charge is -2.07. The molecule has 1 aromatic heterocycles. The highest BCUT2D eigenvalue weighted by molar-refractivity contribution is 5.96. The second-order valence-corrected chi connectivity index (χ2v) is 4.34. The van der Waals surface area contributed by atoms with Crippen LogP contribution in [0.3, 0.4) is 0 Å². The Labute approximate surface area is 101 Å². The molecule has 3 nitrogen and oxygen atoms in total. The molecule has 0 aliphatic rings. The van der Waals surface area contributed by atoms with Crippen LogP contribution in [0.25, 0.3) is 0 Å². The van der Waals surface area contributed by atoms with E-state index in [0.29, 0.717) is 12.1 Å². The molecule has 0 saturated heterocycles. The molecule has 0 radical (unpaired) electrons. The molecule has 2 aromatic rings. The molecule has 0 aliphatic carbocycles. The molecular formula is C14H16N2O. The first-order valence-corrected chi connectivity index (χ1v) is 5.66. The Hall–Kier alpha value is -1.90. The summed E-state index contributed by atoms with van der Waals surface area (Å²) in [7, 11) is 1.82. The van der Waals surface area contributed by atoms with Gasteiger partial charge in [0.25, 0.3) is 0 Å². The SMILES string of the molecule is Cc1cccc(C)c1CC(=O)c1ccn(C)n1. The van der Waals surface area contributed by atoms with Gasteiger partial charge in [0, 0.05) is 19.7 Å². The van der Waals surface area contributed by atoms with Crippen LogP contribution in [-0.2, 0) is 13.5 Å². The Morgan fingerprint density at radius 2 is 1.88 bits per heavy atom. The van der Waals surface area contributed by atoms with E-state index in [1.165, 1.54) is 0 Å². The van der Waals surface area contributed by atoms with Crippen LogP contribution in [0.15, 0.2) is 30.5 Å². The molecular weight excluding hydrogens is 212 g/mol. The zero-order valence-electron chi connectivity index (χ0n) is 10.4. The first-order valence-electron chi connectivity index (χ1n) is 5.66. The van der Waals surface area contributed by atoms with Crippen molar-refractivity contribution in [2.75, 3.05) is 0 Å². The summed E-state index contributed by atoms with van der Waals surface area (Å²) in [5.41, 5.74) is 3.97. The fourth-order valence-corrected chi connectivity index (χ4v) is 1.94. The molecule has 2 rings (SSSR count). The van der Waals surface area contributed by atoms with Gasteiger partial charge in [-0.15, -0.1) is 0 Å². The zero-order chi connectivity index (χ0) is 12.4. The van der Waals surface area contributed by atoms with Crippen molar-refractivity contribution in [1.29, 1.82) is 0 Å². The van der Waals surface area contributed by atoms with Crippen LogP contribution in [0.1, 0.15) is 27.2 Å². The van der Waals surface area contributed by atoms with Crippen molar-refractivity contribution in [3.63, 3.8) is 0 Å². The van der Waals surface area contributed by atoms with Crippen molar-refractivity contribution in [2.45, 2.75) is 20.3 Å². The van der Waals surface area contributed by atoms with Crippen molar-refractivity contribution >= 4 is 5.78 Å². The summed E-state index contributed by atoms with van der Waals surface area (Å²) in [5.74, 6) is 0.0722. The lowest BCUT2D eigenvalue weighted by atomic mass is 9.97. The lowest BCUT2D eigenvalue weighted by Crippen LogP contribution is -2.07. The number of ketones is 1. The molecule has 0 bridgehead atoms. The van der Waals surface area contributed by atoms with E-state index >= 15 is 0 Å². The number of aryl methyl sites for hydroxylation is 3. The van der Waals surface area contributed by atoms with Gasteiger partial charge in [-0.3, -0.25) is 9.48 Å². The Morgan fingerprint density at radius 1 is 1.24 bits per heavy atom. The maximum atomic E-state index is 12.1. The van der Waals surface area contributed by atoms with Gasteiger partial charge in [-0.25, -0.2) is 0 Å². The summed E-state index contributed by atoms with van der Waals surface area (Å²) in [6, 6.07) is 7.84. The van der Waals surface area contributed by atoms with Gasteiger partial charge in [-0.1, -0.05) is 18.2 Å². The standard InChI is InChI=1S/C14H16N2O/c1-10-5-4-6-11(2)12(10)9-14(17)13-7-8-16(3)15-13/h4-8H,9H2,1-3H3. The number of hydrogen-bond donors (Lipinski definition) is 0. The highest BCUT2D eigenvalue weighted by Crippen LogP contribution is 2.15. The van der Waals surface area contributed by atoms with E-state index < -0.39 is 0 Å². The second-order valence-electron chi connectivity index (χ2n) is 4.34. The average Bonchev–Trinajstić information content (AvgIpc) is 2.70. The van der Waals surface area contributed by atoms with Crippen LogP contribution in [0, 0.1) is 13.8 Å². The van der Waals surface area contributed by atoms with E-state index in [1.54, 1.807) is 16.9 Å². The first-order chi connectivity index (χ1) is 8.08. The van der Waals surface area contributed by atoms with Crippen LogP contribution in [0.5, 0.6) is 0 Å². The van der Waals surface area contributed by atoms with Crippen molar-refractivity contribution in [3.8, 4) is 0 Å². The monoisotopic (exact) mass is 228 g/mol. The quantitative estimate of drug-likeness (QED) is 0.756. The van der Waals surface area contributed by atoms with Crippen molar-refractivity contribution in [2.24, 2.45) is 7.05 Å². The van der Waals surface area contributed by atoms with Crippen molar-refractivity contribution in [1.82, 2.24) is 9.78 Å². The summed E-state index contributed by atoms with van der Waals surface area (Å²) in [6.07, 6.45) is 2.22. The van der Waals surface area contributed by atoms with Crippen LogP contribution >= 0.6 is 0 Å². The molecule has 1 aromatic carbocycles. The number of nitrogens with zero attached hydrogens (tertiary/aromatic N) is 2. The van der Waals surface area contributed by atoms with Crippen LogP contribution in [-0.4, -0.2) is 15.6 Å². The average molecular weight is 228 g/mol. The van der Waals surface area contributed by atoms with Gasteiger partial charge in [0.2, 0.25) is 0 Å². The summed E-state index contributed by atoms with van der Waals surface area (Å²) in [6.45, 7) is 4.07. The smallest absolute Gasteiger partial charge is 0.187 e. The maximum absolute atomic E-state index is 12.1. The van der Waals surface area contributed by atoms with Gasteiger partial charge in [-0.2, -0.15) is 5.10 Å². The third kappa shape index (κ3) is 2.44. The normalized spacial score (nSPS) is 10.5. The Balaban J connectivity index is 2.24. The van der Waals surface area contributed by atoms with E-state index in [-0.39, 0.29) is 5.78 Å². The number of aromatic nitrogens is 2. The summed E-state index contributed by atoms with van der Waals surface area (Å²) in [5, 5.41) is 4.13. The third-order valence-electron chi connectivity index (χ3n) is 2.98. The van der Waals surface area contributed by atoms with Gasteiger partial charge in [0.15, 0.2) is 5.78 Å². The number of hydrogen-bond acceptors (Lipinski definition) is 2. The Morgan fingerprint density at radius 3 is 2.41 bits per heavy atom. The number of rotatable bonds is 3. The predicted octanol–water partition coefficient (Wildman–Crippen LogP) is 2.46. The zero-order valence-corrected chi connectivity index (χ0v) is 10.4. The van der Waals surface area contributed by atoms with Crippen molar-refractivity contribution in [3.05, 3.63) is 52.8 Å². The van der Waals surface area contributed by atoms with Gasteiger partial charge in [0.1, 0.15) is 5.69 Å². The summed E-state index contributed by atoms with van der Waals surface area (Å²) < 4.78 is 1.65. The van der Waals surface area contributed by atoms with Crippen LogP contribution in [0.4, 0.5) is 0 Å². The minimum Gasteiger partial charge on any atom is -0.292 e. The molecule has 0 spiro atoms. The molecule has 0 saturated carbocycles. The highest BCUT2D eigenvalue weighted by Gasteiger charge is 2.12. The van der Waals surface area contributed by atoms with Gasteiger partial charge < -0.3 is 0 Å². The van der Waals surface area contributed by atoms with Gasteiger partial charge >= 0.3 is 0 Å². The first kappa shape index (κ1) is 11.6. The fourth-order valence-electron chi connectivity index (χ4n) is 1.94. The third-order valence-corrected chi connectivity index (χ3v) is 2.98. The number of benzene rings is 1. The van der Waals surface area contributed by atoms with E-state index in [0.717, 1.165) is 16.7 Å². The fraction of sp³-hybridized carbons (Fsp3) is 0.286. The molecule has 1 heterocycles. The molecule has 17 heavy (non-hydrogen) atoms. The second kappa shape index (κ2) is 4.53. The molecule has 3 heteroatoms. The Bertz CT molecular complexity index is 535. The highest BCUT2D eigenvalue weighted by atomic mass is 16.1. The Kier molecular flexibility index (Phi) is 3.09. The van der Waals surface area contributed by atoms with Crippen LogP contribution < -0.4 is 0 Å². The number of Topliss-reactive ketones (excluding diaryl/α,β-unsaturated/α-hetero) is 1. The summed E-state index contributed by atoms with van der Waals surface area (Å²) in [4.78, 5) is 12.1. The minimum absolute atomic E-state index is 0.0722. The van der Waals surface area contributed by atoms with E-state index in [2.05, 4.69) is 5.10 Å². The largest absolute Gasteiger partial charge is 0.292 e. The molecule has 0 fully saturated rings. The summed E-state index contributed by atoms with van der Waals surface area (Å²) >= 11 is 0. The molecule has 0 amide bonds. The van der Waals surface area contributed by atoms with Crippen molar-refractivity contribution < 1.29 is 4.79 Å². The van der Waals surface area contributed by atoms with Crippen LogP contribution in [0.2, 0.25) is 0 Å². The van der Waals surface area contributed by atoms with E-state index in [9.17, 15) is 4.79 Å². The minimum atomic E-state index is 0.0722. The maximum Gasteiger partial charge on any atom is 0.187 e. The molecule has 0 N–H and O–H groups in total. The molecule has 0 unspecified atom stereocenters. The van der Waals surface area contributed by atoms with E-state index in [1.807, 2.05) is 39.1 Å². The molecule has 0 atom stereocenters. The van der Waals surface area contributed by atoms with Gasteiger partial charge in [-0.05, 0) is 36.6 Å². The lowest BCUT2D eigenvalue weighted by molar-refractivity contribution is 0.0987. The topological polar surface area (TPSA) is 34.9 Å². The number of carbonyl (C=O) groups is 1. The molecule has 88 valence electrons. The number of carbonyl (C=O) groups excluding carboxylic acids is 1. The molecule has 0 aliphatic heterocycles. The van der Waals surface area contributed by atoms with Gasteiger partial charge in [0.05, 0.1) is 0 Å². The predicted molar refractivity (Wildman–Crippen MR) is 67.2 cm³/mol.